The summed E-state index contributed by atoms with van der Waals surface area (Å²) in [5.41, 5.74) is 2.61. The van der Waals surface area contributed by atoms with Gasteiger partial charge in [0.05, 0.1) is 13.1 Å². The van der Waals surface area contributed by atoms with Crippen molar-refractivity contribution >= 4 is 16.3 Å². The quantitative estimate of drug-likeness (QED) is 0.705. The van der Waals surface area contributed by atoms with E-state index in [1.165, 1.54) is 22.4 Å². The van der Waals surface area contributed by atoms with Gasteiger partial charge in [-0.3, -0.25) is 0 Å². The fourth-order valence-corrected chi connectivity index (χ4v) is 5.94. The summed E-state index contributed by atoms with van der Waals surface area (Å²) >= 11 is 1.57. The van der Waals surface area contributed by atoms with Crippen LogP contribution in [0.1, 0.15) is 67.9 Å². The maximum absolute atomic E-state index is 11.0. The van der Waals surface area contributed by atoms with Crippen molar-refractivity contribution in [3.8, 4) is 5.88 Å². The molecule has 1 aromatic carbocycles. The van der Waals surface area contributed by atoms with Crippen molar-refractivity contribution in [1.82, 2.24) is 14.6 Å². The summed E-state index contributed by atoms with van der Waals surface area (Å²) in [5.74, 6) is 2.82. The summed E-state index contributed by atoms with van der Waals surface area (Å²) in [7, 11) is 0. The molecule has 28 heavy (non-hydrogen) atoms. The molecule has 2 aromatic heterocycles. The molecular formula is C22H31N4OS+. The minimum atomic E-state index is 0.111. The number of likely N-dealkylation sites (tertiary alicyclic amines) is 1. The van der Waals surface area contributed by atoms with Crippen LogP contribution in [-0.4, -0.2) is 32.8 Å². The number of aromatic hydroxyl groups is 1. The lowest BCUT2D eigenvalue weighted by Gasteiger charge is -2.37. The Morgan fingerprint density at radius 2 is 1.71 bits per heavy atom. The molecule has 150 valence electrons. The third kappa shape index (κ3) is 3.55. The smallest absolute Gasteiger partial charge is 0.235 e. The van der Waals surface area contributed by atoms with Crippen LogP contribution in [0, 0.1) is 18.8 Å². The maximum atomic E-state index is 11.0. The highest BCUT2D eigenvalue weighted by atomic mass is 32.1. The van der Waals surface area contributed by atoms with Crippen LogP contribution in [0.5, 0.6) is 5.88 Å². The number of fused-ring (bicyclic) bond motifs is 1. The van der Waals surface area contributed by atoms with Gasteiger partial charge in [0.2, 0.25) is 10.8 Å². The molecule has 0 saturated carbocycles. The standard InChI is InChI=1S/C22H30N4OS/c1-13(2)17-6-8-18(9-7-17)19(25-11-14(3)10-15(4)12-25)20-21(27)26-22(28-20)23-16(5)24-26/h6-9,13-15,19,27H,10-12H2,1-5H3/p+1/t14-,15+,19-/m0/s1. The third-order valence-electron chi connectivity index (χ3n) is 5.94. The molecule has 5 nitrogen and oxygen atoms in total. The largest absolute Gasteiger partial charge is 0.492 e. The van der Waals surface area contributed by atoms with Gasteiger partial charge in [-0.2, -0.15) is 4.52 Å². The van der Waals surface area contributed by atoms with E-state index >= 15 is 0 Å². The van der Waals surface area contributed by atoms with Crippen LogP contribution in [0.15, 0.2) is 24.3 Å². The average molecular weight is 400 g/mol. The summed E-state index contributed by atoms with van der Waals surface area (Å²) in [5, 5.41) is 15.4. The normalized spacial score (nSPS) is 24.1. The van der Waals surface area contributed by atoms with Crippen molar-refractivity contribution in [3.63, 3.8) is 0 Å². The average Bonchev–Trinajstić information content (AvgIpc) is 3.13. The van der Waals surface area contributed by atoms with Gasteiger partial charge in [0.25, 0.3) is 0 Å². The number of aromatic nitrogens is 3. The topological polar surface area (TPSA) is 54.9 Å². The molecule has 0 bridgehead atoms. The second-order valence-corrected chi connectivity index (χ2v) is 9.92. The Hall–Kier alpha value is -1.92. The fraction of sp³-hybridized carbons (Fsp3) is 0.545. The van der Waals surface area contributed by atoms with Crippen LogP contribution in [0.25, 0.3) is 4.96 Å². The molecule has 0 radical (unpaired) electrons. The maximum Gasteiger partial charge on any atom is 0.235 e. The fourth-order valence-electron chi connectivity index (χ4n) is 4.75. The number of benzene rings is 1. The summed E-state index contributed by atoms with van der Waals surface area (Å²) in [4.78, 5) is 7.76. The first-order valence-electron chi connectivity index (χ1n) is 10.3. The van der Waals surface area contributed by atoms with Crippen LogP contribution >= 0.6 is 11.3 Å². The Balaban J connectivity index is 1.80. The van der Waals surface area contributed by atoms with Gasteiger partial charge < -0.3 is 10.0 Å². The minimum absolute atomic E-state index is 0.111. The number of quaternary nitrogens is 1. The molecule has 6 heteroatoms. The van der Waals surface area contributed by atoms with Crippen LogP contribution in [0.2, 0.25) is 0 Å². The molecule has 1 fully saturated rings. The number of piperidine rings is 1. The number of thiazole rings is 1. The van der Waals surface area contributed by atoms with Crippen LogP contribution < -0.4 is 4.90 Å². The zero-order chi connectivity index (χ0) is 20.0. The predicted molar refractivity (Wildman–Crippen MR) is 113 cm³/mol. The molecule has 1 unspecified atom stereocenters. The van der Waals surface area contributed by atoms with Gasteiger partial charge in [0.15, 0.2) is 6.04 Å². The van der Waals surface area contributed by atoms with E-state index in [2.05, 4.69) is 62.0 Å². The summed E-state index contributed by atoms with van der Waals surface area (Å²) < 4.78 is 1.60. The minimum Gasteiger partial charge on any atom is -0.492 e. The molecule has 0 aliphatic carbocycles. The van der Waals surface area contributed by atoms with E-state index in [1.54, 1.807) is 15.9 Å². The van der Waals surface area contributed by atoms with Crippen molar-refractivity contribution in [2.45, 2.75) is 53.0 Å². The molecule has 3 heterocycles. The Bertz CT molecular complexity index is 949. The van der Waals surface area contributed by atoms with Gasteiger partial charge >= 0.3 is 0 Å². The highest BCUT2D eigenvalue weighted by molar-refractivity contribution is 7.17. The molecule has 3 aromatic rings. The molecule has 4 rings (SSSR count). The molecule has 0 amide bonds. The Labute approximate surface area is 171 Å². The first kappa shape index (κ1) is 19.4. The monoisotopic (exact) mass is 399 g/mol. The van der Waals surface area contributed by atoms with E-state index in [4.69, 9.17) is 0 Å². The lowest BCUT2D eigenvalue weighted by atomic mass is 9.89. The molecular weight excluding hydrogens is 368 g/mol. The zero-order valence-electron chi connectivity index (χ0n) is 17.4. The van der Waals surface area contributed by atoms with Crippen LogP contribution in [-0.2, 0) is 0 Å². The van der Waals surface area contributed by atoms with Gasteiger partial charge in [-0.15, -0.1) is 5.10 Å². The Morgan fingerprint density at radius 3 is 2.29 bits per heavy atom. The van der Waals surface area contributed by atoms with E-state index in [-0.39, 0.29) is 11.9 Å². The number of hydrogen-bond acceptors (Lipinski definition) is 4. The number of rotatable bonds is 4. The lowest BCUT2D eigenvalue weighted by molar-refractivity contribution is -0.936. The SMILES string of the molecule is Cc1nc2sc([C@H](c3ccc(C(C)C)cc3)[NH+]3C[C@H](C)C[C@H](C)C3)c(O)n2n1. The second kappa shape index (κ2) is 7.48. The number of hydrogen-bond donors (Lipinski definition) is 2. The van der Waals surface area contributed by atoms with Crippen LogP contribution in [0.4, 0.5) is 0 Å². The van der Waals surface area contributed by atoms with E-state index < -0.39 is 0 Å². The van der Waals surface area contributed by atoms with E-state index in [9.17, 15) is 5.11 Å². The first-order valence-corrected chi connectivity index (χ1v) is 11.1. The van der Waals surface area contributed by atoms with E-state index in [0.717, 1.165) is 22.9 Å². The van der Waals surface area contributed by atoms with Crippen molar-refractivity contribution in [2.24, 2.45) is 11.8 Å². The van der Waals surface area contributed by atoms with E-state index in [1.807, 2.05) is 6.92 Å². The molecule has 2 N–H and O–H groups in total. The van der Waals surface area contributed by atoms with Gasteiger partial charge in [-0.25, -0.2) is 4.98 Å². The van der Waals surface area contributed by atoms with Crippen molar-refractivity contribution in [3.05, 3.63) is 46.1 Å². The molecule has 1 aliphatic rings. The first-order chi connectivity index (χ1) is 13.3. The summed E-state index contributed by atoms with van der Waals surface area (Å²) in [6, 6.07) is 9.08. The molecule has 4 atom stereocenters. The summed E-state index contributed by atoms with van der Waals surface area (Å²) in [6.45, 7) is 13.2. The Morgan fingerprint density at radius 1 is 1.11 bits per heavy atom. The summed E-state index contributed by atoms with van der Waals surface area (Å²) in [6.07, 6.45) is 1.28. The van der Waals surface area contributed by atoms with Crippen molar-refractivity contribution < 1.29 is 10.0 Å². The molecule has 0 spiro atoms. The highest BCUT2D eigenvalue weighted by Crippen LogP contribution is 2.36. The predicted octanol–water partition coefficient (Wildman–Crippen LogP) is 3.58. The van der Waals surface area contributed by atoms with Gasteiger partial charge in [0.1, 0.15) is 10.7 Å². The van der Waals surface area contributed by atoms with Gasteiger partial charge in [0, 0.05) is 17.4 Å². The van der Waals surface area contributed by atoms with Crippen LogP contribution in [0.3, 0.4) is 0 Å². The zero-order valence-corrected chi connectivity index (χ0v) is 18.3. The Kier molecular flexibility index (Phi) is 5.19. The van der Waals surface area contributed by atoms with Crippen molar-refractivity contribution in [1.29, 1.82) is 0 Å². The second-order valence-electron chi connectivity index (χ2n) is 8.91. The van der Waals surface area contributed by atoms with Gasteiger partial charge in [-0.1, -0.05) is 63.3 Å². The number of aryl methyl sites for hydroxylation is 1. The number of nitrogens with one attached hydrogen (secondary N) is 1. The van der Waals surface area contributed by atoms with Gasteiger partial charge in [-0.05, 0) is 24.8 Å². The molecule has 1 saturated heterocycles. The molecule has 1 aliphatic heterocycles. The highest BCUT2D eigenvalue weighted by Gasteiger charge is 2.37. The van der Waals surface area contributed by atoms with E-state index in [0.29, 0.717) is 23.6 Å². The lowest BCUT2D eigenvalue weighted by Crippen LogP contribution is -3.14. The third-order valence-corrected chi connectivity index (χ3v) is 7.02. The number of nitrogens with zero attached hydrogens (tertiary/aromatic N) is 3. The van der Waals surface area contributed by atoms with Crippen molar-refractivity contribution in [2.75, 3.05) is 13.1 Å².